The number of carbonyl (C=O) groups is 1. The molecule has 27 heavy (non-hydrogen) atoms. The van der Waals surface area contributed by atoms with E-state index in [1.807, 2.05) is 0 Å². The summed E-state index contributed by atoms with van der Waals surface area (Å²) < 4.78 is 11.9. The Morgan fingerprint density at radius 2 is 1.96 bits per heavy atom. The Balaban J connectivity index is 1.84. The number of hydrogen-bond donors (Lipinski definition) is 0. The topological polar surface area (TPSA) is 87.2 Å². The first-order chi connectivity index (χ1) is 12.9. The highest BCUT2D eigenvalue weighted by molar-refractivity contribution is 6.37. The van der Waals surface area contributed by atoms with E-state index in [1.54, 1.807) is 36.4 Å². The van der Waals surface area contributed by atoms with Crippen molar-refractivity contribution in [3.05, 3.63) is 62.7 Å². The molecule has 7 nitrogen and oxygen atoms in total. The summed E-state index contributed by atoms with van der Waals surface area (Å²) in [4.78, 5) is 28.4. The third-order valence-electron chi connectivity index (χ3n) is 3.81. The van der Waals surface area contributed by atoms with Gasteiger partial charge in [0.2, 0.25) is 11.8 Å². The zero-order chi connectivity index (χ0) is 19.1. The lowest BCUT2D eigenvalue weighted by Gasteiger charge is -2.08. The van der Waals surface area contributed by atoms with Crippen molar-refractivity contribution in [2.24, 2.45) is 0 Å². The van der Waals surface area contributed by atoms with Crippen molar-refractivity contribution < 1.29 is 13.9 Å². The molecule has 2 aromatic carbocycles. The smallest absolute Gasteiger partial charge is 0.309 e. The van der Waals surface area contributed by atoms with E-state index < -0.39 is 5.97 Å². The van der Waals surface area contributed by atoms with Crippen LogP contribution in [0.5, 0.6) is 5.88 Å². The molecule has 0 bridgehead atoms. The van der Waals surface area contributed by atoms with Gasteiger partial charge in [-0.2, -0.15) is 0 Å². The number of aromatic nitrogens is 3. The molecule has 0 N–H and O–H groups in total. The standard InChI is InChI=1S/C18H11Cl2N3O4/c1-9(24)26-17-11-4-2-3-5-12(11)18(25)23(22-17)8-15-21-14-7-10(19)6-13(20)16(14)27-15/h2-7H,8H2,1H3. The van der Waals surface area contributed by atoms with Gasteiger partial charge in [-0.25, -0.2) is 9.67 Å². The van der Waals surface area contributed by atoms with Gasteiger partial charge in [0.05, 0.1) is 15.8 Å². The van der Waals surface area contributed by atoms with Gasteiger partial charge in [0.15, 0.2) is 5.58 Å². The van der Waals surface area contributed by atoms with Gasteiger partial charge in [-0.05, 0) is 24.3 Å². The van der Waals surface area contributed by atoms with Crippen LogP contribution in [-0.4, -0.2) is 20.7 Å². The summed E-state index contributed by atoms with van der Waals surface area (Å²) in [6.45, 7) is 1.19. The minimum atomic E-state index is -0.541. The molecule has 0 aliphatic heterocycles. The van der Waals surface area contributed by atoms with E-state index in [0.717, 1.165) is 4.68 Å². The van der Waals surface area contributed by atoms with E-state index in [0.29, 0.717) is 31.9 Å². The average molecular weight is 404 g/mol. The molecule has 136 valence electrons. The molecule has 2 heterocycles. The monoisotopic (exact) mass is 403 g/mol. The van der Waals surface area contributed by atoms with Crippen molar-refractivity contribution in [3.8, 4) is 5.88 Å². The van der Waals surface area contributed by atoms with Crippen LogP contribution in [0.2, 0.25) is 10.0 Å². The van der Waals surface area contributed by atoms with Crippen LogP contribution in [0.4, 0.5) is 0 Å². The first-order valence-corrected chi connectivity index (χ1v) is 8.60. The van der Waals surface area contributed by atoms with Crippen LogP contribution < -0.4 is 10.3 Å². The predicted molar refractivity (Wildman–Crippen MR) is 100 cm³/mol. The fraction of sp³-hybridized carbons (Fsp3) is 0.111. The number of ether oxygens (including phenoxy) is 1. The molecule has 4 aromatic rings. The van der Waals surface area contributed by atoms with Gasteiger partial charge in [0.25, 0.3) is 5.56 Å². The molecule has 0 atom stereocenters. The minimum Gasteiger partial charge on any atom is -0.437 e. The van der Waals surface area contributed by atoms with Crippen LogP contribution in [0.15, 0.2) is 45.6 Å². The summed E-state index contributed by atoms with van der Waals surface area (Å²) in [5.41, 5.74) is 0.467. The first-order valence-electron chi connectivity index (χ1n) is 7.85. The number of esters is 1. The third-order valence-corrected chi connectivity index (χ3v) is 4.31. The largest absolute Gasteiger partial charge is 0.437 e. The van der Waals surface area contributed by atoms with Crippen molar-refractivity contribution in [1.29, 1.82) is 0 Å². The van der Waals surface area contributed by atoms with Crippen LogP contribution in [0, 0.1) is 0 Å². The van der Waals surface area contributed by atoms with E-state index in [9.17, 15) is 9.59 Å². The van der Waals surface area contributed by atoms with Gasteiger partial charge in [-0.3, -0.25) is 9.59 Å². The number of carbonyl (C=O) groups excluding carboxylic acids is 1. The number of benzene rings is 2. The SMILES string of the molecule is CC(=O)Oc1nn(Cc2nc3cc(Cl)cc(Cl)c3o2)c(=O)c2ccccc12. The van der Waals surface area contributed by atoms with Gasteiger partial charge >= 0.3 is 5.97 Å². The lowest BCUT2D eigenvalue weighted by molar-refractivity contribution is -0.132. The lowest BCUT2D eigenvalue weighted by atomic mass is 10.2. The molecule has 0 spiro atoms. The fourth-order valence-electron chi connectivity index (χ4n) is 2.72. The molecule has 0 aliphatic rings. The Bertz CT molecular complexity index is 1260. The van der Waals surface area contributed by atoms with Crippen LogP contribution in [0.3, 0.4) is 0 Å². The molecule has 4 rings (SSSR count). The number of oxazole rings is 1. The van der Waals surface area contributed by atoms with Crippen molar-refractivity contribution in [2.75, 3.05) is 0 Å². The molecular weight excluding hydrogens is 393 g/mol. The first kappa shape index (κ1) is 17.5. The van der Waals surface area contributed by atoms with Gasteiger partial charge in [0, 0.05) is 11.9 Å². The van der Waals surface area contributed by atoms with E-state index in [1.165, 1.54) is 6.92 Å². The molecule has 2 aromatic heterocycles. The maximum absolute atomic E-state index is 12.8. The maximum Gasteiger partial charge on any atom is 0.309 e. The zero-order valence-electron chi connectivity index (χ0n) is 13.9. The van der Waals surface area contributed by atoms with E-state index in [2.05, 4.69) is 10.1 Å². The summed E-state index contributed by atoms with van der Waals surface area (Å²) in [7, 11) is 0. The highest BCUT2D eigenvalue weighted by Crippen LogP contribution is 2.28. The Kier molecular flexibility index (Phi) is 4.33. The molecule has 0 saturated carbocycles. The van der Waals surface area contributed by atoms with Crippen molar-refractivity contribution in [2.45, 2.75) is 13.5 Å². The van der Waals surface area contributed by atoms with Gasteiger partial charge < -0.3 is 9.15 Å². The van der Waals surface area contributed by atoms with Crippen molar-refractivity contribution in [3.63, 3.8) is 0 Å². The highest BCUT2D eigenvalue weighted by Gasteiger charge is 2.16. The van der Waals surface area contributed by atoms with Crippen LogP contribution >= 0.6 is 23.2 Å². The predicted octanol–water partition coefficient (Wildman–Crippen LogP) is 3.82. The van der Waals surface area contributed by atoms with Crippen LogP contribution in [-0.2, 0) is 11.3 Å². The molecule has 0 unspecified atom stereocenters. The maximum atomic E-state index is 12.8. The number of halogens is 2. The minimum absolute atomic E-state index is 0.0369. The van der Waals surface area contributed by atoms with Gasteiger partial charge in [0.1, 0.15) is 12.1 Å². The number of rotatable bonds is 3. The summed E-state index contributed by atoms with van der Waals surface area (Å²) in [6.07, 6.45) is 0. The number of hydrogen-bond acceptors (Lipinski definition) is 6. The Labute approximate surface area is 162 Å². The normalized spacial score (nSPS) is 11.2. The summed E-state index contributed by atoms with van der Waals surface area (Å²) in [5.74, 6) is -0.288. The van der Waals surface area contributed by atoms with Crippen LogP contribution in [0.25, 0.3) is 21.9 Å². The molecule has 0 amide bonds. The average Bonchev–Trinajstić information content (AvgIpc) is 3.01. The van der Waals surface area contributed by atoms with Gasteiger partial charge in [-0.1, -0.05) is 35.3 Å². The molecule has 0 aliphatic carbocycles. The molecule has 9 heteroatoms. The zero-order valence-corrected chi connectivity index (χ0v) is 15.4. The summed E-state index contributed by atoms with van der Waals surface area (Å²) in [5, 5.41) is 5.69. The second-order valence-corrected chi connectivity index (χ2v) is 6.59. The highest BCUT2D eigenvalue weighted by atomic mass is 35.5. The third kappa shape index (κ3) is 3.27. The van der Waals surface area contributed by atoms with Crippen LogP contribution in [0.1, 0.15) is 12.8 Å². The summed E-state index contributed by atoms with van der Waals surface area (Å²) >= 11 is 12.1. The lowest BCUT2D eigenvalue weighted by Crippen LogP contribution is -2.25. The second kappa shape index (κ2) is 6.68. The Morgan fingerprint density at radius 3 is 2.70 bits per heavy atom. The number of nitrogens with zero attached hydrogens (tertiary/aromatic N) is 3. The molecular formula is C18H11Cl2N3O4. The Morgan fingerprint density at radius 1 is 1.22 bits per heavy atom. The van der Waals surface area contributed by atoms with Crippen molar-refractivity contribution in [1.82, 2.24) is 14.8 Å². The fourth-order valence-corrected chi connectivity index (χ4v) is 3.25. The van der Waals surface area contributed by atoms with Crippen molar-refractivity contribution >= 4 is 51.0 Å². The van der Waals surface area contributed by atoms with E-state index in [-0.39, 0.29) is 23.9 Å². The molecule has 0 saturated heterocycles. The Hall–Kier alpha value is -2.90. The van der Waals surface area contributed by atoms with Gasteiger partial charge in [-0.15, -0.1) is 5.10 Å². The number of fused-ring (bicyclic) bond motifs is 2. The molecule has 0 radical (unpaired) electrons. The quantitative estimate of drug-likeness (QED) is 0.483. The summed E-state index contributed by atoms with van der Waals surface area (Å²) in [6, 6.07) is 9.88. The second-order valence-electron chi connectivity index (χ2n) is 5.75. The van der Waals surface area contributed by atoms with E-state index >= 15 is 0 Å². The van der Waals surface area contributed by atoms with E-state index in [4.69, 9.17) is 32.4 Å². The molecule has 0 fully saturated rings.